The molecule has 1 aromatic carbocycles. The normalized spacial score (nSPS) is 11.0. The summed E-state index contributed by atoms with van der Waals surface area (Å²) >= 11 is 0. The zero-order valence-corrected chi connectivity index (χ0v) is 15.9. The molecule has 0 fully saturated rings. The number of fused-ring (bicyclic) bond motifs is 1. The highest BCUT2D eigenvalue weighted by Crippen LogP contribution is 2.08. The van der Waals surface area contributed by atoms with Gasteiger partial charge in [0.15, 0.2) is 23.6 Å². The van der Waals surface area contributed by atoms with Crippen molar-refractivity contribution in [2.45, 2.75) is 19.4 Å². The standard InChI is InChI=1S/C19H19FN4O5/c1-22-17-16(18(27)23(2)19(22)28)24(11-21-17)9-3-4-15(26)29-10-14(25)12-5-7-13(20)8-6-12/h5-8,11H,3-4,9-10H2,1-2H3. The topological polar surface area (TPSA) is 105 Å². The van der Waals surface area contributed by atoms with E-state index in [-0.39, 0.29) is 23.1 Å². The summed E-state index contributed by atoms with van der Waals surface area (Å²) in [5.74, 6) is -1.45. The van der Waals surface area contributed by atoms with Crippen LogP contribution in [-0.2, 0) is 30.2 Å². The van der Waals surface area contributed by atoms with Crippen molar-refractivity contribution in [2.75, 3.05) is 6.61 Å². The van der Waals surface area contributed by atoms with Crippen molar-refractivity contribution in [2.24, 2.45) is 14.1 Å². The molecule has 0 saturated heterocycles. The van der Waals surface area contributed by atoms with Gasteiger partial charge in [0, 0.05) is 32.6 Å². The van der Waals surface area contributed by atoms with E-state index in [1.54, 1.807) is 4.57 Å². The van der Waals surface area contributed by atoms with Crippen molar-refractivity contribution >= 4 is 22.9 Å². The first-order chi connectivity index (χ1) is 13.8. The van der Waals surface area contributed by atoms with Crippen LogP contribution in [0, 0.1) is 5.82 Å². The first-order valence-electron chi connectivity index (χ1n) is 8.85. The van der Waals surface area contributed by atoms with Crippen LogP contribution in [0.1, 0.15) is 23.2 Å². The molecule has 29 heavy (non-hydrogen) atoms. The Morgan fingerprint density at radius 3 is 2.48 bits per heavy atom. The Morgan fingerprint density at radius 1 is 1.10 bits per heavy atom. The lowest BCUT2D eigenvalue weighted by molar-refractivity contribution is -0.142. The molecule has 0 saturated carbocycles. The maximum Gasteiger partial charge on any atom is 0.332 e. The zero-order valence-electron chi connectivity index (χ0n) is 15.9. The zero-order chi connectivity index (χ0) is 21.1. The smallest absolute Gasteiger partial charge is 0.332 e. The molecule has 0 bridgehead atoms. The first kappa shape index (κ1) is 20.2. The maximum absolute atomic E-state index is 12.9. The molecule has 0 radical (unpaired) electrons. The van der Waals surface area contributed by atoms with E-state index in [0.717, 1.165) is 16.7 Å². The fourth-order valence-electron chi connectivity index (χ4n) is 2.90. The van der Waals surface area contributed by atoms with Gasteiger partial charge in [-0.25, -0.2) is 14.2 Å². The Balaban J connectivity index is 1.57. The summed E-state index contributed by atoms with van der Waals surface area (Å²) in [7, 11) is 2.91. The van der Waals surface area contributed by atoms with Crippen LogP contribution in [-0.4, -0.2) is 37.0 Å². The quantitative estimate of drug-likeness (QED) is 0.427. The number of ether oxygens (including phenoxy) is 1. The number of aromatic nitrogens is 4. The Labute approximate surface area is 164 Å². The van der Waals surface area contributed by atoms with Gasteiger partial charge in [-0.05, 0) is 30.7 Å². The fourth-order valence-corrected chi connectivity index (χ4v) is 2.90. The van der Waals surface area contributed by atoms with Crippen molar-refractivity contribution < 1.29 is 18.7 Å². The number of rotatable bonds is 7. The van der Waals surface area contributed by atoms with Gasteiger partial charge in [0.1, 0.15) is 5.82 Å². The maximum atomic E-state index is 12.9. The Hall–Kier alpha value is -3.56. The van der Waals surface area contributed by atoms with Gasteiger partial charge in [-0.1, -0.05) is 0 Å². The number of esters is 1. The van der Waals surface area contributed by atoms with E-state index < -0.39 is 35.4 Å². The number of ketones is 1. The van der Waals surface area contributed by atoms with Crippen LogP contribution < -0.4 is 11.2 Å². The van der Waals surface area contributed by atoms with E-state index >= 15 is 0 Å². The first-order valence-corrected chi connectivity index (χ1v) is 8.85. The highest BCUT2D eigenvalue weighted by Gasteiger charge is 2.15. The molecule has 3 rings (SSSR count). The number of carbonyl (C=O) groups is 2. The van der Waals surface area contributed by atoms with E-state index in [1.165, 1.54) is 37.1 Å². The molecule has 0 aliphatic rings. The second-order valence-corrected chi connectivity index (χ2v) is 6.51. The van der Waals surface area contributed by atoms with Crippen LogP contribution in [0.3, 0.4) is 0 Å². The van der Waals surface area contributed by atoms with Crippen LogP contribution in [0.15, 0.2) is 40.2 Å². The summed E-state index contributed by atoms with van der Waals surface area (Å²) in [6.45, 7) is -0.119. The number of carbonyl (C=O) groups excluding carboxylic acids is 2. The molecule has 0 unspecified atom stereocenters. The molecule has 0 amide bonds. The van der Waals surface area contributed by atoms with Crippen LogP contribution in [0.2, 0.25) is 0 Å². The van der Waals surface area contributed by atoms with Crippen LogP contribution in [0.5, 0.6) is 0 Å². The number of imidazole rings is 1. The van der Waals surface area contributed by atoms with Crippen molar-refractivity contribution in [3.8, 4) is 0 Å². The fraction of sp³-hybridized carbons (Fsp3) is 0.316. The SMILES string of the molecule is Cn1c(=O)c2c(ncn2CCCC(=O)OCC(=O)c2ccc(F)cc2)n(C)c1=O. The van der Waals surface area contributed by atoms with E-state index in [1.807, 2.05) is 0 Å². The van der Waals surface area contributed by atoms with Crippen molar-refractivity contribution in [1.82, 2.24) is 18.7 Å². The van der Waals surface area contributed by atoms with E-state index in [0.29, 0.717) is 13.0 Å². The second-order valence-electron chi connectivity index (χ2n) is 6.51. The lowest BCUT2D eigenvalue weighted by Crippen LogP contribution is -2.37. The molecule has 0 atom stereocenters. The molecule has 2 heterocycles. The predicted octanol–water partition coefficient (Wildman–Crippen LogP) is 0.779. The van der Waals surface area contributed by atoms with Gasteiger partial charge in [0.25, 0.3) is 5.56 Å². The largest absolute Gasteiger partial charge is 0.457 e. The number of nitrogens with zero attached hydrogens (tertiary/aromatic N) is 4. The molecule has 0 spiro atoms. The Kier molecular flexibility index (Phi) is 5.71. The summed E-state index contributed by atoms with van der Waals surface area (Å²) in [5.41, 5.74) is -0.138. The van der Waals surface area contributed by atoms with Gasteiger partial charge >= 0.3 is 11.7 Å². The van der Waals surface area contributed by atoms with Crippen molar-refractivity contribution in [3.05, 3.63) is 62.8 Å². The Bertz CT molecular complexity index is 1190. The van der Waals surface area contributed by atoms with Crippen LogP contribution in [0.25, 0.3) is 11.2 Å². The molecular weight excluding hydrogens is 383 g/mol. The summed E-state index contributed by atoms with van der Waals surface area (Å²) < 4.78 is 21.7. The second kappa shape index (κ2) is 8.21. The number of aryl methyl sites for hydroxylation is 2. The molecule has 0 aliphatic heterocycles. The summed E-state index contributed by atoms with van der Waals surface area (Å²) in [4.78, 5) is 52.2. The number of hydrogen-bond acceptors (Lipinski definition) is 6. The van der Waals surface area contributed by atoms with E-state index in [9.17, 15) is 23.6 Å². The highest BCUT2D eigenvalue weighted by molar-refractivity contribution is 5.97. The minimum absolute atomic E-state index is 0.0302. The Morgan fingerprint density at radius 2 is 1.79 bits per heavy atom. The molecule has 9 nitrogen and oxygen atoms in total. The van der Waals surface area contributed by atoms with Gasteiger partial charge in [0.05, 0.1) is 6.33 Å². The number of hydrogen-bond donors (Lipinski definition) is 0. The highest BCUT2D eigenvalue weighted by atomic mass is 19.1. The molecular formula is C19H19FN4O5. The lowest BCUT2D eigenvalue weighted by atomic mass is 10.1. The number of halogens is 1. The third-order valence-corrected chi connectivity index (χ3v) is 4.53. The van der Waals surface area contributed by atoms with Crippen molar-refractivity contribution in [3.63, 3.8) is 0 Å². The van der Waals surface area contributed by atoms with Gasteiger partial charge in [-0.3, -0.25) is 23.5 Å². The lowest BCUT2D eigenvalue weighted by Gasteiger charge is -2.07. The minimum atomic E-state index is -0.565. The third-order valence-electron chi connectivity index (χ3n) is 4.53. The van der Waals surface area contributed by atoms with E-state index in [4.69, 9.17) is 4.74 Å². The minimum Gasteiger partial charge on any atom is -0.457 e. The predicted molar refractivity (Wildman–Crippen MR) is 101 cm³/mol. The van der Waals surface area contributed by atoms with Crippen LogP contribution >= 0.6 is 0 Å². The summed E-state index contributed by atoms with van der Waals surface area (Å²) in [6.07, 6.45) is 1.82. The molecule has 0 aliphatic carbocycles. The average Bonchev–Trinajstić information content (AvgIpc) is 3.13. The van der Waals surface area contributed by atoms with Crippen molar-refractivity contribution in [1.29, 1.82) is 0 Å². The third kappa shape index (κ3) is 4.15. The van der Waals surface area contributed by atoms with Gasteiger partial charge in [0.2, 0.25) is 0 Å². The number of benzene rings is 1. The van der Waals surface area contributed by atoms with Gasteiger partial charge < -0.3 is 9.30 Å². The molecule has 152 valence electrons. The molecule has 10 heteroatoms. The summed E-state index contributed by atoms with van der Waals surface area (Å²) in [5, 5.41) is 0. The monoisotopic (exact) mass is 402 g/mol. The summed E-state index contributed by atoms with van der Waals surface area (Å²) in [6, 6.07) is 4.96. The van der Waals surface area contributed by atoms with Gasteiger partial charge in [-0.15, -0.1) is 0 Å². The average molecular weight is 402 g/mol. The molecule has 2 aromatic heterocycles. The molecule has 3 aromatic rings. The number of Topliss-reactive ketones (excluding diaryl/α,β-unsaturated/α-hetero) is 1. The van der Waals surface area contributed by atoms with E-state index in [2.05, 4.69) is 4.98 Å². The van der Waals surface area contributed by atoms with Crippen LogP contribution in [0.4, 0.5) is 4.39 Å². The molecule has 0 N–H and O–H groups in total. The van der Waals surface area contributed by atoms with Gasteiger partial charge in [-0.2, -0.15) is 0 Å².